The average molecular weight is 319 g/mol. The van der Waals surface area contributed by atoms with Crippen LogP contribution in [0.1, 0.15) is 71.1 Å². The van der Waals surface area contributed by atoms with Crippen LogP contribution in [-0.2, 0) is 10.8 Å². The first kappa shape index (κ1) is 19.8. The monoisotopic (exact) mass is 318 g/mol. The molecule has 23 heavy (non-hydrogen) atoms. The predicted molar refractivity (Wildman–Crippen MR) is 99.5 cm³/mol. The molecule has 1 rings (SSSR count). The van der Waals surface area contributed by atoms with E-state index >= 15 is 0 Å². The van der Waals surface area contributed by atoms with Crippen molar-refractivity contribution in [2.24, 2.45) is 0 Å². The second-order valence-electron chi connectivity index (χ2n) is 8.52. The predicted octanol–water partition coefficient (Wildman–Crippen LogP) is 5.30. The van der Waals surface area contributed by atoms with E-state index < -0.39 is 6.10 Å². The molecule has 1 aromatic carbocycles. The van der Waals surface area contributed by atoms with Gasteiger partial charge in [0.25, 0.3) is 0 Å². The molecule has 0 radical (unpaired) electrons. The number of allylic oxidation sites excluding steroid dienone is 1. The number of rotatable bonds is 6. The van der Waals surface area contributed by atoms with Gasteiger partial charge in [-0.05, 0) is 30.6 Å². The van der Waals surface area contributed by atoms with E-state index in [1.807, 2.05) is 6.08 Å². The van der Waals surface area contributed by atoms with Crippen LogP contribution in [0.2, 0.25) is 0 Å². The Labute approximate surface area is 142 Å². The standard InChI is InChI=1S/C21H34O2/c1-9-10-11-16(22)14-23-19-17(20(3,4)5)12-15(2)13-18(19)21(6,7)8/h9,12-13,16,22H,1,10-11,14H2,2-8H3. The lowest BCUT2D eigenvalue weighted by Gasteiger charge is -2.30. The Hall–Kier alpha value is -1.28. The normalized spacial score (nSPS) is 13.7. The Morgan fingerprint density at radius 2 is 1.57 bits per heavy atom. The molecule has 0 aliphatic carbocycles. The van der Waals surface area contributed by atoms with Crippen LogP contribution in [0, 0.1) is 6.92 Å². The van der Waals surface area contributed by atoms with Crippen molar-refractivity contribution in [1.82, 2.24) is 0 Å². The van der Waals surface area contributed by atoms with Gasteiger partial charge in [0.15, 0.2) is 0 Å². The molecule has 2 nitrogen and oxygen atoms in total. The van der Waals surface area contributed by atoms with E-state index in [2.05, 4.69) is 67.2 Å². The minimum absolute atomic E-state index is 0.00653. The molecule has 0 aliphatic rings. The first-order valence-electron chi connectivity index (χ1n) is 8.54. The molecule has 0 fully saturated rings. The molecular weight excluding hydrogens is 284 g/mol. The molecule has 0 saturated carbocycles. The quantitative estimate of drug-likeness (QED) is 0.722. The van der Waals surface area contributed by atoms with Crippen LogP contribution < -0.4 is 4.74 Å². The lowest BCUT2D eigenvalue weighted by atomic mass is 9.78. The highest BCUT2D eigenvalue weighted by Gasteiger charge is 2.27. The first-order chi connectivity index (χ1) is 10.5. The molecule has 130 valence electrons. The molecule has 1 aromatic rings. The van der Waals surface area contributed by atoms with E-state index in [0.717, 1.165) is 12.2 Å². The van der Waals surface area contributed by atoms with Crippen LogP contribution >= 0.6 is 0 Å². The average Bonchev–Trinajstić information content (AvgIpc) is 2.40. The third-order valence-electron chi connectivity index (χ3n) is 3.97. The van der Waals surface area contributed by atoms with Gasteiger partial charge in [0.1, 0.15) is 12.4 Å². The van der Waals surface area contributed by atoms with Gasteiger partial charge in [-0.1, -0.05) is 65.3 Å². The van der Waals surface area contributed by atoms with Gasteiger partial charge >= 0.3 is 0 Å². The molecule has 1 atom stereocenters. The Bertz CT molecular complexity index is 495. The fourth-order valence-electron chi connectivity index (χ4n) is 2.62. The van der Waals surface area contributed by atoms with Gasteiger partial charge in [-0.15, -0.1) is 6.58 Å². The molecule has 0 aromatic heterocycles. The van der Waals surface area contributed by atoms with Crippen LogP contribution in [0.3, 0.4) is 0 Å². The summed E-state index contributed by atoms with van der Waals surface area (Å²) in [5, 5.41) is 10.1. The maximum Gasteiger partial charge on any atom is 0.126 e. The van der Waals surface area contributed by atoms with Gasteiger partial charge in [-0.3, -0.25) is 0 Å². The van der Waals surface area contributed by atoms with E-state index in [1.54, 1.807) is 0 Å². The van der Waals surface area contributed by atoms with Gasteiger partial charge in [0, 0.05) is 11.1 Å². The summed E-state index contributed by atoms with van der Waals surface area (Å²) in [6.07, 6.45) is 2.85. The maximum atomic E-state index is 10.1. The highest BCUT2D eigenvalue weighted by molar-refractivity contribution is 5.50. The lowest BCUT2D eigenvalue weighted by Crippen LogP contribution is -2.24. The highest BCUT2D eigenvalue weighted by Crippen LogP contribution is 2.40. The Kier molecular flexibility index (Phi) is 6.47. The zero-order chi connectivity index (χ0) is 17.8. The summed E-state index contributed by atoms with van der Waals surface area (Å²) in [7, 11) is 0. The Morgan fingerprint density at radius 1 is 1.09 bits per heavy atom. The van der Waals surface area contributed by atoms with Crippen molar-refractivity contribution in [1.29, 1.82) is 0 Å². The van der Waals surface area contributed by atoms with Crippen LogP contribution in [-0.4, -0.2) is 17.8 Å². The number of hydrogen-bond donors (Lipinski definition) is 1. The minimum Gasteiger partial charge on any atom is -0.490 e. The van der Waals surface area contributed by atoms with Gasteiger partial charge in [0.2, 0.25) is 0 Å². The fourth-order valence-corrected chi connectivity index (χ4v) is 2.62. The second-order valence-corrected chi connectivity index (χ2v) is 8.52. The van der Waals surface area contributed by atoms with Crippen LogP contribution in [0.5, 0.6) is 5.75 Å². The van der Waals surface area contributed by atoms with Crippen molar-refractivity contribution < 1.29 is 9.84 Å². The zero-order valence-electron chi connectivity index (χ0n) is 16.0. The van der Waals surface area contributed by atoms with E-state index in [-0.39, 0.29) is 10.8 Å². The molecule has 1 N–H and O–H groups in total. The van der Waals surface area contributed by atoms with Crippen molar-refractivity contribution in [2.75, 3.05) is 6.61 Å². The molecule has 0 heterocycles. The van der Waals surface area contributed by atoms with Gasteiger partial charge in [0.05, 0.1) is 6.10 Å². The number of aryl methyl sites for hydroxylation is 1. The van der Waals surface area contributed by atoms with Crippen molar-refractivity contribution >= 4 is 0 Å². The van der Waals surface area contributed by atoms with Gasteiger partial charge in [-0.25, -0.2) is 0 Å². The summed E-state index contributed by atoms with van der Waals surface area (Å²) < 4.78 is 6.15. The maximum absolute atomic E-state index is 10.1. The summed E-state index contributed by atoms with van der Waals surface area (Å²) >= 11 is 0. The van der Waals surface area contributed by atoms with E-state index in [4.69, 9.17) is 4.74 Å². The highest BCUT2D eigenvalue weighted by atomic mass is 16.5. The minimum atomic E-state index is -0.463. The molecular formula is C21H34O2. The topological polar surface area (TPSA) is 29.5 Å². The summed E-state index contributed by atoms with van der Waals surface area (Å²) in [6.45, 7) is 19.4. The summed E-state index contributed by atoms with van der Waals surface area (Å²) in [6, 6.07) is 4.42. The van der Waals surface area contributed by atoms with Crippen LogP contribution in [0.25, 0.3) is 0 Å². The molecule has 0 saturated heterocycles. The molecule has 0 spiro atoms. The smallest absolute Gasteiger partial charge is 0.126 e. The Balaban J connectivity index is 3.22. The van der Waals surface area contributed by atoms with Crippen LogP contribution in [0.15, 0.2) is 24.8 Å². The Morgan fingerprint density at radius 3 is 1.96 bits per heavy atom. The number of aliphatic hydroxyl groups is 1. The molecule has 2 heteroatoms. The number of benzene rings is 1. The molecule has 0 aliphatic heterocycles. The first-order valence-corrected chi connectivity index (χ1v) is 8.54. The summed E-state index contributed by atoms with van der Waals surface area (Å²) in [4.78, 5) is 0. The summed E-state index contributed by atoms with van der Waals surface area (Å²) in [5.41, 5.74) is 3.65. The van der Waals surface area contributed by atoms with E-state index in [9.17, 15) is 5.11 Å². The van der Waals surface area contributed by atoms with E-state index in [1.165, 1.54) is 16.7 Å². The largest absolute Gasteiger partial charge is 0.490 e. The lowest BCUT2D eigenvalue weighted by molar-refractivity contribution is 0.0987. The van der Waals surface area contributed by atoms with E-state index in [0.29, 0.717) is 13.0 Å². The fraction of sp³-hybridized carbons (Fsp3) is 0.619. The zero-order valence-corrected chi connectivity index (χ0v) is 16.0. The number of hydrogen-bond acceptors (Lipinski definition) is 2. The van der Waals surface area contributed by atoms with Crippen molar-refractivity contribution in [3.63, 3.8) is 0 Å². The molecule has 0 bridgehead atoms. The second kappa shape index (κ2) is 7.53. The third-order valence-corrected chi connectivity index (χ3v) is 3.97. The van der Waals surface area contributed by atoms with Gasteiger partial charge in [-0.2, -0.15) is 0 Å². The van der Waals surface area contributed by atoms with Crippen molar-refractivity contribution in [2.45, 2.75) is 78.2 Å². The SMILES string of the molecule is C=CCCC(O)COc1c(C(C)(C)C)cc(C)cc1C(C)(C)C. The third kappa shape index (κ3) is 5.69. The van der Waals surface area contributed by atoms with Crippen molar-refractivity contribution in [3.05, 3.63) is 41.5 Å². The number of aliphatic hydroxyl groups excluding tert-OH is 1. The van der Waals surface area contributed by atoms with Crippen molar-refractivity contribution in [3.8, 4) is 5.75 Å². The number of ether oxygens (including phenoxy) is 1. The molecule has 0 amide bonds. The van der Waals surface area contributed by atoms with Crippen LogP contribution in [0.4, 0.5) is 0 Å². The molecule has 1 unspecified atom stereocenters. The summed E-state index contributed by atoms with van der Waals surface area (Å²) in [5.74, 6) is 0.938. The van der Waals surface area contributed by atoms with Gasteiger partial charge < -0.3 is 9.84 Å².